The molecule has 176 valence electrons. The maximum Gasteiger partial charge on any atom is 0.435 e. The maximum absolute atomic E-state index is 13.4. The fourth-order valence-corrected chi connectivity index (χ4v) is 4.43. The van der Waals surface area contributed by atoms with Gasteiger partial charge < -0.3 is 4.74 Å². The average molecular weight is 480 g/mol. The number of hydrogen-bond acceptors (Lipinski definition) is 5. The molecule has 0 atom stereocenters. The molecule has 1 fully saturated rings. The van der Waals surface area contributed by atoms with E-state index in [0.29, 0.717) is 43.1 Å². The summed E-state index contributed by atoms with van der Waals surface area (Å²) in [5.41, 5.74) is 1.53. The van der Waals surface area contributed by atoms with E-state index in [0.717, 1.165) is 31.0 Å². The summed E-state index contributed by atoms with van der Waals surface area (Å²) in [6, 6.07) is 14.6. The van der Waals surface area contributed by atoms with Gasteiger partial charge in [-0.15, -0.1) is 0 Å². The number of rotatable bonds is 6. The van der Waals surface area contributed by atoms with E-state index in [4.69, 9.17) is 4.74 Å². The molecular weight excluding hydrogens is 455 g/mol. The van der Waals surface area contributed by atoms with Crippen molar-refractivity contribution in [2.75, 3.05) is 39.1 Å². The fraction of sp³-hybridized carbons (Fsp3) is 0.348. The van der Waals surface area contributed by atoms with E-state index in [1.165, 1.54) is 10.7 Å². The molecule has 0 aliphatic carbocycles. The molecule has 0 radical (unpaired) electrons. The highest BCUT2D eigenvalue weighted by Gasteiger charge is 2.35. The van der Waals surface area contributed by atoms with Crippen molar-refractivity contribution >= 4 is 9.84 Å². The van der Waals surface area contributed by atoms with Crippen molar-refractivity contribution in [3.05, 3.63) is 60.3 Å². The van der Waals surface area contributed by atoms with Crippen LogP contribution in [0.15, 0.2) is 59.5 Å². The van der Waals surface area contributed by atoms with E-state index >= 15 is 0 Å². The zero-order chi connectivity index (χ0) is 23.6. The number of nitrogens with zero attached hydrogens (tertiary/aromatic N) is 3. The summed E-state index contributed by atoms with van der Waals surface area (Å²) >= 11 is 0. The molecule has 0 amide bonds. The van der Waals surface area contributed by atoms with Crippen LogP contribution < -0.4 is 0 Å². The molecule has 0 bridgehead atoms. The predicted octanol–water partition coefficient (Wildman–Crippen LogP) is 3.97. The smallest absolute Gasteiger partial charge is 0.379 e. The van der Waals surface area contributed by atoms with Crippen molar-refractivity contribution in [2.24, 2.45) is 0 Å². The second-order valence-electron chi connectivity index (χ2n) is 7.97. The van der Waals surface area contributed by atoms with Crippen molar-refractivity contribution < 1.29 is 26.3 Å². The molecular formula is C23H24F3N3O3S. The van der Waals surface area contributed by atoms with Crippen LogP contribution in [0.5, 0.6) is 0 Å². The van der Waals surface area contributed by atoms with Crippen molar-refractivity contribution in [2.45, 2.75) is 17.6 Å². The van der Waals surface area contributed by atoms with Crippen LogP contribution in [-0.2, 0) is 27.3 Å². The topological polar surface area (TPSA) is 64.4 Å². The Kier molecular flexibility index (Phi) is 6.60. The standard InChI is InChI=1S/C23H24F3N3O3S/c1-33(30,31)20-4-2-3-19(15-20)17-5-7-18(8-6-17)21-16-22(23(24,25)26)27-29(21)10-9-28-11-13-32-14-12-28/h2-8,15-16H,9-14H2,1H3. The van der Waals surface area contributed by atoms with Gasteiger partial charge in [0.1, 0.15) is 0 Å². The van der Waals surface area contributed by atoms with Gasteiger partial charge in [0.05, 0.1) is 30.3 Å². The van der Waals surface area contributed by atoms with Crippen molar-refractivity contribution in [3.63, 3.8) is 0 Å². The highest BCUT2D eigenvalue weighted by Crippen LogP contribution is 2.33. The summed E-state index contributed by atoms with van der Waals surface area (Å²) in [5, 5.41) is 3.83. The molecule has 2 heterocycles. The lowest BCUT2D eigenvalue weighted by molar-refractivity contribution is -0.141. The molecule has 0 saturated carbocycles. The van der Waals surface area contributed by atoms with E-state index in [1.807, 2.05) is 0 Å². The second kappa shape index (κ2) is 9.28. The molecule has 3 aromatic rings. The molecule has 1 saturated heterocycles. The molecule has 10 heteroatoms. The number of benzene rings is 2. The Morgan fingerprint density at radius 2 is 1.61 bits per heavy atom. The SMILES string of the molecule is CS(=O)(=O)c1cccc(-c2ccc(-c3cc(C(F)(F)F)nn3CCN3CCOCC3)cc2)c1. The Morgan fingerprint density at radius 1 is 0.939 bits per heavy atom. The van der Waals surface area contributed by atoms with E-state index in [-0.39, 0.29) is 4.90 Å². The summed E-state index contributed by atoms with van der Waals surface area (Å²) in [5.74, 6) is 0. The quantitative estimate of drug-likeness (QED) is 0.535. The van der Waals surface area contributed by atoms with Gasteiger partial charge in [0.15, 0.2) is 15.5 Å². The first-order valence-corrected chi connectivity index (χ1v) is 12.4. The van der Waals surface area contributed by atoms with Gasteiger partial charge in [0.2, 0.25) is 0 Å². The van der Waals surface area contributed by atoms with Crippen molar-refractivity contribution in [1.29, 1.82) is 0 Å². The Labute approximate surface area is 190 Å². The summed E-state index contributed by atoms with van der Waals surface area (Å²) in [6.07, 6.45) is -3.39. The number of hydrogen-bond donors (Lipinski definition) is 0. The number of aromatic nitrogens is 2. The minimum absolute atomic E-state index is 0.208. The zero-order valence-corrected chi connectivity index (χ0v) is 18.9. The van der Waals surface area contributed by atoms with Crippen LogP contribution >= 0.6 is 0 Å². The van der Waals surface area contributed by atoms with Crippen molar-refractivity contribution in [1.82, 2.24) is 14.7 Å². The molecule has 0 spiro atoms. The van der Waals surface area contributed by atoms with Gasteiger partial charge in [-0.25, -0.2) is 8.42 Å². The third kappa shape index (κ3) is 5.63. The third-order valence-corrected chi connectivity index (χ3v) is 6.69. The number of ether oxygens (including phenoxy) is 1. The summed E-state index contributed by atoms with van der Waals surface area (Å²) in [7, 11) is -3.35. The van der Waals surface area contributed by atoms with Gasteiger partial charge in [0, 0.05) is 25.9 Å². The first-order valence-electron chi connectivity index (χ1n) is 10.5. The summed E-state index contributed by atoms with van der Waals surface area (Å²) in [6.45, 7) is 3.60. The number of morpholine rings is 1. The second-order valence-corrected chi connectivity index (χ2v) is 9.98. The lowest BCUT2D eigenvalue weighted by atomic mass is 10.0. The zero-order valence-electron chi connectivity index (χ0n) is 18.0. The third-order valence-electron chi connectivity index (χ3n) is 5.58. The van der Waals surface area contributed by atoms with Crippen LogP contribution in [0.1, 0.15) is 5.69 Å². The van der Waals surface area contributed by atoms with Crippen LogP contribution in [0.2, 0.25) is 0 Å². The van der Waals surface area contributed by atoms with Gasteiger partial charge >= 0.3 is 6.18 Å². The van der Waals surface area contributed by atoms with Gasteiger partial charge in [-0.3, -0.25) is 9.58 Å². The Balaban J connectivity index is 1.62. The molecule has 0 N–H and O–H groups in total. The van der Waals surface area contributed by atoms with E-state index in [2.05, 4.69) is 10.00 Å². The molecule has 1 aliphatic heterocycles. The average Bonchev–Trinajstić information content (AvgIpc) is 3.23. The fourth-order valence-electron chi connectivity index (χ4n) is 3.76. The first kappa shape index (κ1) is 23.5. The van der Waals surface area contributed by atoms with E-state index in [9.17, 15) is 21.6 Å². The van der Waals surface area contributed by atoms with Crippen LogP contribution in [0, 0.1) is 0 Å². The molecule has 1 aromatic heterocycles. The first-order chi connectivity index (χ1) is 15.6. The Hall–Kier alpha value is -2.69. The molecule has 4 rings (SSSR count). The number of sulfone groups is 1. The largest absolute Gasteiger partial charge is 0.435 e. The lowest BCUT2D eigenvalue weighted by Crippen LogP contribution is -2.38. The number of alkyl halides is 3. The minimum Gasteiger partial charge on any atom is -0.379 e. The Morgan fingerprint density at radius 3 is 2.24 bits per heavy atom. The molecule has 2 aromatic carbocycles. The highest BCUT2D eigenvalue weighted by molar-refractivity contribution is 7.90. The van der Waals surface area contributed by atoms with Gasteiger partial charge in [-0.2, -0.15) is 18.3 Å². The number of halogens is 3. The van der Waals surface area contributed by atoms with Gasteiger partial charge in [-0.05, 0) is 34.9 Å². The van der Waals surface area contributed by atoms with Crippen LogP contribution in [0.4, 0.5) is 13.2 Å². The monoisotopic (exact) mass is 479 g/mol. The molecule has 0 unspecified atom stereocenters. The molecule has 6 nitrogen and oxygen atoms in total. The van der Waals surface area contributed by atoms with Crippen LogP contribution in [0.3, 0.4) is 0 Å². The Bertz CT molecular complexity index is 1220. The van der Waals surface area contributed by atoms with Crippen LogP contribution in [0.25, 0.3) is 22.4 Å². The normalized spacial score (nSPS) is 15.6. The van der Waals surface area contributed by atoms with Gasteiger partial charge in [-0.1, -0.05) is 36.4 Å². The maximum atomic E-state index is 13.4. The summed E-state index contributed by atoms with van der Waals surface area (Å²) < 4.78 is 70.5. The van der Waals surface area contributed by atoms with Crippen molar-refractivity contribution in [3.8, 4) is 22.4 Å². The van der Waals surface area contributed by atoms with Crippen LogP contribution in [-0.4, -0.2) is 62.2 Å². The predicted molar refractivity (Wildman–Crippen MR) is 118 cm³/mol. The lowest BCUT2D eigenvalue weighted by Gasteiger charge is -2.26. The minimum atomic E-state index is -4.54. The van der Waals surface area contributed by atoms with E-state index in [1.54, 1.807) is 42.5 Å². The summed E-state index contributed by atoms with van der Waals surface area (Å²) in [4.78, 5) is 2.35. The van der Waals surface area contributed by atoms with E-state index < -0.39 is 21.7 Å². The van der Waals surface area contributed by atoms with Gasteiger partial charge in [0.25, 0.3) is 0 Å². The molecule has 33 heavy (non-hydrogen) atoms. The molecule has 1 aliphatic rings. The highest BCUT2D eigenvalue weighted by atomic mass is 32.2.